The Morgan fingerprint density at radius 2 is 2.37 bits per heavy atom. The van der Waals surface area contributed by atoms with Gasteiger partial charge in [0.1, 0.15) is 0 Å². The van der Waals surface area contributed by atoms with Crippen LogP contribution in [0.4, 0.5) is 5.95 Å². The summed E-state index contributed by atoms with van der Waals surface area (Å²) in [5, 5.41) is 1.98. The quantitative estimate of drug-likeness (QED) is 0.844. The molecule has 2 aromatic rings. The molecule has 0 aromatic carbocycles. The van der Waals surface area contributed by atoms with Crippen molar-refractivity contribution in [3.8, 4) is 0 Å². The number of nitrogens with zero attached hydrogens (tertiary/aromatic N) is 3. The molecule has 0 radical (unpaired) electrons. The molecule has 1 aliphatic rings. The van der Waals surface area contributed by atoms with Gasteiger partial charge in [-0.15, -0.1) is 11.3 Å². The van der Waals surface area contributed by atoms with E-state index in [0.717, 1.165) is 16.1 Å². The van der Waals surface area contributed by atoms with E-state index >= 15 is 0 Å². The van der Waals surface area contributed by atoms with Gasteiger partial charge in [0.25, 0.3) is 0 Å². The third-order valence-electron chi connectivity index (χ3n) is 2.92. The van der Waals surface area contributed by atoms with Crippen molar-refractivity contribution >= 4 is 29.3 Å². The Balaban J connectivity index is 1.71. The fraction of sp³-hybridized carbons (Fsp3) is 0.154. The molecule has 5 nitrogen and oxygen atoms in total. The maximum Gasteiger partial charge on any atom is 0.247 e. The Hall–Kier alpha value is -2.21. The zero-order valence-corrected chi connectivity index (χ0v) is 10.9. The summed E-state index contributed by atoms with van der Waals surface area (Å²) in [4.78, 5) is 22.9. The van der Waals surface area contributed by atoms with Crippen LogP contribution in [0.3, 0.4) is 0 Å². The van der Waals surface area contributed by atoms with E-state index in [1.165, 1.54) is 0 Å². The molecule has 0 saturated carbocycles. The molecule has 0 atom stereocenters. The Bertz CT molecular complexity index is 636. The molecule has 3 heterocycles. The topological polar surface area (TPSA) is 72.1 Å². The van der Waals surface area contributed by atoms with Gasteiger partial charge in [0.15, 0.2) is 0 Å². The van der Waals surface area contributed by atoms with E-state index in [0.29, 0.717) is 13.1 Å². The molecule has 2 N–H and O–H groups in total. The van der Waals surface area contributed by atoms with Crippen LogP contribution in [0.2, 0.25) is 0 Å². The molecule has 1 aliphatic heterocycles. The molecule has 96 valence electrons. The average molecular weight is 272 g/mol. The SMILES string of the molecule is Nc1ncc2c(n1)CN(C(=O)/C=C/c1cccs1)C2. The van der Waals surface area contributed by atoms with Crippen molar-refractivity contribution in [1.29, 1.82) is 0 Å². The Kier molecular flexibility index (Phi) is 3.00. The van der Waals surface area contributed by atoms with Crippen LogP contribution in [0.5, 0.6) is 0 Å². The van der Waals surface area contributed by atoms with Crippen molar-refractivity contribution < 1.29 is 4.79 Å². The van der Waals surface area contributed by atoms with E-state index in [2.05, 4.69) is 9.97 Å². The van der Waals surface area contributed by atoms with Crippen molar-refractivity contribution in [2.45, 2.75) is 13.1 Å². The first-order chi connectivity index (χ1) is 9.22. The van der Waals surface area contributed by atoms with Crippen molar-refractivity contribution in [2.75, 3.05) is 5.73 Å². The smallest absolute Gasteiger partial charge is 0.247 e. The van der Waals surface area contributed by atoms with E-state index in [4.69, 9.17) is 5.73 Å². The number of carbonyl (C=O) groups is 1. The van der Waals surface area contributed by atoms with Crippen LogP contribution in [-0.2, 0) is 17.9 Å². The van der Waals surface area contributed by atoms with Gasteiger partial charge in [-0.05, 0) is 17.5 Å². The molecule has 3 rings (SSSR count). The molecular formula is C13H12N4OS. The molecule has 0 spiro atoms. The number of hydrogen-bond acceptors (Lipinski definition) is 5. The minimum Gasteiger partial charge on any atom is -0.368 e. The van der Waals surface area contributed by atoms with Gasteiger partial charge in [0.05, 0.1) is 12.2 Å². The lowest BCUT2D eigenvalue weighted by Crippen LogP contribution is -2.23. The Labute approximate surface area is 114 Å². The number of hydrogen-bond donors (Lipinski definition) is 1. The molecule has 0 unspecified atom stereocenters. The highest BCUT2D eigenvalue weighted by Crippen LogP contribution is 2.21. The van der Waals surface area contributed by atoms with E-state index in [-0.39, 0.29) is 11.9 Å². The van der Waals surface area contributed by atoms with Gasteiger partial charge >= 0.3 is 0 Å². The number of aromatic nitrogens is 2. The number of thiophene rings is 1. The van der Waals surface area contributed by atoms with Gasteiger partial charge in [0.2, 0.25) is 11.9 Å². The van der Waals surface area contributed by atoms with Gasteiger partial charge in [-0.1, -0.05) is 6.07 Å². The van der Waals surface area contributed by atoms with Gasteiger partial charge in [-0.25, -0.2) is 9.97 Å². The molecule has 6 heteroatoms. The van der Waals surface area contributed by atoms with Crippen molar-refractivity contribution in [3.05, 3.63) is 45.9 Å². The van der Waals surface area contributed by atoms with Gasteiger partial charge < -0.3 is 10.6 Å². The van der Waals surface area contributed by atoms with Crippen molar-refractivity contribution in [1.82, 2.24) is 14.9 Å². The first kappa shape index (κ1) is 11.9. The fourth-order valence-electron chi connectivity index (χ4n) is 1.97. The maximum atomic E-state index is 12.1. The summed E-state index contributed by atoms with van der Waals surface area (Å²) in [6, 6.07) is 3.93. The highest BCUT2D eigenvalue weighted by Gasteiger charge is 2.23. The first-order valence-corrected chi connectivity index (χ1v) is 6.71. The molecule has 0 saturated heterocycles. The molecule has 0 fully saturated rings. The number of amides is 1. The van der Waals surface area contributed by atoms with E-state index in [1.807, 2.05) is 23.6 Å². The second-order valence-electron chi connectivity index (χ2n) is 4.24. The van der Waals surface area contributed by atoms with Gasteiger partial charge in [-0.3, -0.25) is 4.79 Å². The molecule has 2 aromatic heterocycles. The van der Waals surface area contributed by atoms with Crippen molar-refractivity contribution in [3.63, 3.8) is 0 Å². The minimum absolute atomic E-state index is 0.0232. The van der Waals surface area contributed by atoms with Crippen LogP contribution in [0, 0.1) is 0 Å². The average Bonchev–Trinajstić information content (AvgIpc) is 3.04. The number of fused-ring (bicyclic) bond motifs is 1. The van der Waals surface area contributed by atoms with E-state index in [9.17, 15) is 4.79 Å². The second-order valence-corrected chi connectivity index (χ2v) is 5.22. The number of nitrogens with two attached hydrogens (primary N) is 1. The zero-order valence-electron chi connectivity index (χ0n) is 10.1. The summed E-state index contributed by atoms with van der Waals surface area (Å²) < 4.78 is 0. The van der Waals surface area contributed by atoms with Crippen LogP contribution >= 0.6 is 11.3 Å². The predicted molar refractivity (Wildman–Crippen MR) is 74.1 cm³/mol. The third kappa shape index (κ3) is 2.48. The van der Waals surface area contributed by atoms with Gasteiger partial charge in [-0.2, -0.15) is 0 Å². The lowest BCUT2D eigenvalue weighted by Gasteiger charge is -2.11. The Morgan fingerprint density at radius 1 is 1.47 bits per heavy atom. The summed E-state index contributed by atoms with van der Waals surface area (Å²) in [6.07, 6.45) is 5.11. The molecule has 19 heavy (non-hydrogen) atoms. The Morgan fingerprint density at radius 3 is 3.16 bits per heavy atom. The van der Waals surface area contributed by atoms with Crippen LogP contribution in [0.15, 0.2) is 29.8 Å². The molecule has 1 amide bonds. The van der Waals surface area contributed by atoms with Crippen LogP contribution in [-0.4, -0.2) is 20.8 Å². The first-order valence-electron chi connectivity index (χ1n) is 5.83. The summed E-state index contributed by atoms with van der Waals surface area (Å²) in [5.74, 6) is 0.229. The second kappa shape index (κ2) is 4.81. The van der Waals surface area contributed by atoms with Crippen LogP contribution in [0.25, 0.3) is 6.08 Å². The van der Waals surface area contributed by atoms with E-state index < -0.39 is 0 Å². The number of rotatable bonds is 2. The molecule has 0 bridgehead atoms. The van der Waals surface area contributed by atoms with Crippen LogP contribution in [0.1, 0.15) is 16.1 Å². The lowest BCUT2D eigenvalue weighted by atomic mass is 10.3. The summed E-state index contributed by atoms with van der Waals surface area (Å²) in [5.41, 5.74) is 7.34. The predicted octanol–water partition coefficient (Wildman–Crippen LogP) is 1.68. The van der Waals surface area contributed by atoms with E-state index in [1.54, 1.807) is 28.5 Å². The molecule has 0 aliphatic carbocycles. The lowest BCUT2D eigenvalue weighted by molar-refractivity contribution is -0.126. The minimum atomic E-state index is -0.0232. The van der Waals surface area contributed by atoms with Gasteiger partial charge in [0, 0.05) is 29.3 Å². The standard InChI is InChI=1S/C13H12N4OS/c14-13-15-6-9-7-17(8-11(9)16-13)12(18)4-3-10-2-1-5-19-10/h1-6H,7-8H2,(H2,14,15,16)/b4-3+. The molecular weight excluding hydrogens is 260 g/mol. The summed E-state index contributed by atoms with van der Waals surface area (Å²) in [6.45, 7) is 1.04. The number of carbonyl (C=O) groups excluding carboxylic acids is 1. The maximum absolute atomic E-state index is 12.1. The monoisotopic (exact) mass is 272 g/mol. The third-order valence-corrected chi connectivity index (χ3v) is 3.76. The fourth-order valence-corrected chi connectivity index (χ4v) is 2.59. The normalized spacial score (nSPS) is 14.0. The highest BCUT2D eigenvalue weighted by atomic mass is 32.1. The highest BCUT2D eigenvalue weighted by molar-refractivity contribution is 7.10. The largest absolute Gasteiger partial charge is 0.368 e. The number of anilines is 1. The van der Waals surface area contributed by atoms with Crippen LogP contribution < -0.4 is 5.73 Å². The summed E-state index contributed by atoms with van der Waals surface area (Å²) in [7, 11) is 0. The van der Waals surface area contributed by atoms with Crippen molar-refractivity contribution in [2.24, 2.45) is 0 Å². The number of nitrogen functional groups attached to an aromatic ring is 1. The summed E-state index contributed by atoms with van der Waals surface area (Å²) >= 11 is 1.60. The zero-order chi connectivity index (χ0) is 13.2.